The van der Waals surface area contributed by atoms with Crippen LogP contribution in [0.25, 0.3) is 5.69 Å². The average Bonchev–Trinajstić information content (AvgIpc) is 2.67. The highest BCUT2D eigenvalue weighted by Crippen LogP contribution is 2.17. The smallest absolute Gasteiger partial charge is 0.0790 e. The van der Waals surface area contributed by atoms with Crippen LogP contribution in [0.3, 0.4) is 0 Å². The zero-order valence-corrected chi connectivity index (χ0v) is 10.8. The molecule has 0 aliphatic carbocycles. The minimum Gasteiger partial charge on any atom is -0.328 e. The van der Waals surface area contributed by atoms with Gasteiger partial charge in [0, 0.05) is 12.2 Å². The molecule has 4 heteroatoms. The number of nitrogens with two attached hydrogens (primary N) is 1. The average molecular weight is 250 g/mol. The molecule has 17 heavy (non-hydrogen) atoms. The lowest BCUT2D eigenvalue weighted by Crippen LogP contribution is -2.18. The van der Waals surface area contributed by atoms with E-state index in [-0.39, 0.29) is 6.04 Å². The van der Waals surface area contributed by atoms with Crippen molar-refractivity contribution >= 4 is 11.6 Å². The maximum absolute atomic E-state index is 5.85. The Bertz CT molecular complexity index is 517. The molecule has 1 atom stereocenters. The fourth-order valence-corrected chi connectivity index (χ4v) is 1.98. The first-order valence-corrected chi connectivity index (χ1v) is 5.99. The Morgan fingerprint density at radius 2 is 2.24 bits per heavy atom. The number of aromatic nitrogens is 2. The Balaban J connectivity index is 2.30. The van der Waals surface area contributed by atoms with Crippen molar-refractivity contribution in [1.82, 2.24) is 9.78 Å². The Hall–Kier alpha value is -1.32. The largest absolute Gasteiger partial charge is 0.328 e. The van der Waals surface area contributed by atoms with E-state index in [1.165, 1.54) is 11.1 Å². The van der Waals surface area contributed by atoms with Crippen LogP contribution in [0.5, 0.6) is 0 Å². The van der Waals surface area contributed by atoms with Crippen molar-refractivity contribution in [2.75, 3.05) is 0 Å². The van der Waals surface area contributed by atoms with Gasteiger partial charge in [-0.2, -0.15) is 5.10 Å². The summed E-state index contributed by atoms with van der Waals surface area (Å²) in [7, 11) is 0. The van der Waals surface area contributed by atoms with E-state index in [1.54, 1.807) is 17.1 Å². The molecule has 0 saturated carbocycles. The molecule has 1 aromatic heterocycles. The van der Waals surface area contributed by atoms with Gasteiger partial charge in [-0.3, -0.25) is 0 Å². The second kappa shape index (κ2) is 4.90. The second-order valence-electron chi connectivity index (χ2n) is 4.40. The standard InChI is InChI=1S/C13H16ClN3/c1-9-5-13(17-8-12(14)7-16-17)4-3-11(9)6-10(2)15/h3-5,7-8,10H,6,15H2,1-2H3. The number of hydrogen-bond donors (Lipinski definition) is 1. The normalized spacial score (nSPS) is 12.7. The predicted molar refractivity (Wildman–Crippen MR) is 70.7 cm³/mol. The lowest BCUT2D eigenvalue weighted by molar-refractivity contribution is 0.734. The highest BCUT2D eigenvalue weighted by Gasteiger charge is 2.05. The fourth-order valence-electron chi connectivity index (χ4n) is 1.84. The Labute approximate surface area is 106 Å². The van der Waals surface area contributed by atoms with E-state index < -0.39 is 0 Å². The van der Waals surface area contributed by atoms with Crippen LogP contribution in [0.15, 0.2) is 30.6 Å². The minimum atomic E-state index is 0.179. The molecule has 1 aromatic carbocycles. The third-order valence-corrected chi connectivity index (χ3v) is 2.88. The van der Waals surface area contributed by atoms with Crippen LogP contribution in [0.2, 0.25) is 5.02 Å². The molecule has 2 aromatic rings. The van der Waals surface area contributed by atoms with Gasteiger partial charge in [0.05, 0.1) is 16.9 Å². The van der Waals surface area contributed by atoms with E-state index >= 15 is 0 Å². The van der Waals surface area contributed by atoms with Gasteiger partial charge in [-0.1, -0.05) is 17.7 Å². The summed E-state index contributed by atoms with van der Waals surface area (Å²) < 4.78 is 1.77. The Morgan fingerprint density at radius 1 is 1.47 bits per heavy atom. The van der Waals surface area contributed by atoms with Crippen LogP contribution < -0.4 is 5.73 Å². The van der Waals surface area contributed by atoms with Crippen LogP contribution in [0.1, 0.15) is 18.1 Å². The van der Waals surface area contributed by atoms with Crippen LogP contribution in [0.4, 0.5) is 0 Å². The summed E-state index contributed by atoms with van der Waals surface area (Å²) in [5, 5.41) is 4.82. The summed E-state index contributed by atoms with van der Waals surface area (Å²) in [6.45, 7) is 4.10. The molecule has 1 unspecified atom stereocenters. The van der Waals surface area contributed by atoms with Crippen LogP contribution in [-0.4, -0.2) is 15.8 Å². The van der Waals surface area contributed by atoms with E-state index in [0.29, 0.717) is 5.02 Å². The molecule has 0 aliphatic heterocycles. The van der Waals surface area contributed by atoms with Crippen molar-refractivity contribution in [3.63, 3.8) is 0 Å². The van der Waals surface area contributed by atoms with Gasteiger partial charge in [0.2, 0.25) is 0 Å². The van der Waals surface area contributed by atoms with Gasteiger partial charge >= 0.3 is 0 Å². The number of rotatable bonds is 3. The molecule has 0 amide bonds. The van der Waals surface area contributed by atoms with Crippen molar-refractivity contribution in [3.8, 4) is 5.69 Å². The molecule has 2 N–H and O–H groups in total. The number of benzene rings is 1. The van der Waals surface area contributed by atoms with Crippen molar-refractivity contribution < 1.29 is 0 Å². The predicted octanol–water partition coefficient (Wildman–Crippen LogP) is 2.72. The molecule has 0 bridgehead atoms. The molecule has 0 saturated heterocycles. The van der Waals surface area contributed by atoms with Gasteiger partial charge in [0.15, 0.2) is 0 Å². The van der Waals surface area contributed by atoms with Gasteiger partial charge in [-0.05, 0) is 43.5 Å². The van der Waals surface area contributed by atoms with E-state index in [1.807, 2.05) is 13.0 Å². The van der Waals surface area contributed by atoms with E-state index in [4.69, 9.17) is 17.3 Å². The van der Waals surface area contributed by atoms with Gasteiger partial charge in [0.25, 0.3) is 0 Å². The SMILES string of the molecule is Cc1cc(-n2cc(Cl)cn2)ccc1CC(C)N. The van der Waals surface area contributed by atoms with Crippen LogP contribution >= 0.6 is 11.6 Å². The second-order valence-corrected chi connectivity index (χ2v) is 4.83. The summed E-state index contributed by atoms with van der Waals surface area (Å²) >= 11 is 5.85. The highest BCUT2D eigenvalue weighted by atomic mass is 35.5. The van der Waals surface area contributed by atoms with E-state index in [0.717, 1.165) is 12.1 Å². The van der Waals surface area contributed by atoms with Gasteiger partial charge in [-0.25, -0.2) is 4.68 Å². The monoisotopic (exact) mass is 249 g/mol. The lowest BCUT2D eigenvalue weighted by Gasteiger charge is -2.10. The zero-order chi connectivity index (χ0) is 12.4. The summed E-state index contributed by atoms with van der Waals surface area (Å²) in [5.74, 6) is 0. The molecular formula is C13H16ClN3. The molecule has 0 fully saturated rings. The van der Waals surface area contributed by atoms with Crippen LogP contribution in [0, 0.1) is 6.92 Å². The molecule has 2 rings (SSSR count). The minimum absolute atomic E-state index is 0.179. The molecule has 0 spiro atoms. The third kappa shape index (κ3) is 2.87. The zero-order valence-electron chi connectivity index (χ0n) is 10.0. The first-order valence-electron chi connectivity index (χ1n) is 5.62. The first-order chi connectivity index (χ1) is 8.06. The number of nitrogens with zero attached hydrogens (tertiary/aromatic N) is 2. The maximum Gasteiger partial charge on any atom is 0.0790 e. The Morgan fingerprint density at radius 3 is 2.76 bits per heavy atom. The van der Waals surface area contributed by atoms with E-state index in [2.05, 4.69) is 24.2 Å². The number of halogens is 1. The molecule has 3 nitrogen and oxygen atoms in total. The summed E-state index contributed by atoms with van der Waals surface area (Å²) in [6, 6.07) is 6.41. The van der Waals surface area contributed by atoms with Gasteiger partial charge < -0.3 is 5.73 Å². The Kier molecular flexibility index (Phi) is 3.50. The summed E-state index contributed by atoms with van der Waals surface area (Å²) in [5.41, 5.74) is 9.34. The van der Waals surface area contributed by atoms with Gasteiger partial charge in [0.1, 0.15) is 0 Å². The van der Waals surface area contributed by atoms with Crippen molar-refractivity contribution in [1.29, 1.82) is 0 Å². The number of aryl methyl sites for hydroxylation is 1. The quantitative estimate of drug-likeness (QED) is 0.909. The molecule has 0 aliphatic rings. The summed E-state index contributed by atoms with van der Waals surface area (Å²) in [4.78, 5) is 0. The van der Waals surface area contributed by atoms with Crippen LogP contribution in [-0.2, 0) is 6.42 Å². The third-order valence-electron chi connectivity index (χ3n) is 2.68. The molecular weight excluding hydrogens is 234 g/mol. The topological polar surface area (TPSA) is 43.8 Å². The fraction of sp³-hybridized carbons (Fsp3) is 0.308. The summed E-state index contributed by atoms with van der Waals surface area (Å²) in [6.07, 6.45) is 4.32. The van der Waals surface area contributed by atoms with Gasteiger partial charge in [-0.15, -0.1) is 0 Å². The van der Waals surface area contributed by atoms with Crippen molar-refractivity contribution in [2.45, 2.75) is 26.3 Å². The lowest BCUT2D eigenvalue weighted by atomic mass is 10.0. The molecule has 90 valence electrons. The van der Waals surface area contributed by atoms with E-state index in [9.17, 15) is 0 Å². The molecule has 0 radical (unpaired) electrons. The maximum atomic E-state index is 5.85. The van der Waals surface area contributed by atoms with Crippen molar-refractivity contribution in [2.24, 2.45) is 5.73 Å². The number of hydrogen-bond acceptors (Lipinski definition) is 2. The molecule has 1 heterocycles. The highest BCUT2D eigenvalue weighted by molar-refractivity contribution is 6.30. The van der Waals surface area contributed by atoms with Crippen molar-refractivity contribution in [3.05, 3.63) is 46.7 Å². The first kappa shape index (κ1) is 12.1.